The molecule has 1 nitrogen and oxygen atoms in total. The highest BCUT2D eigenvalue weighted by atomic mass is 19.4. The minimum Gasteiger partial charge on any atom is -0.448 e. The van der Waals surface area contributed by atoms with E-state index < -0.39 is 12.3 Å². The van der Waals surface area contributed by atoms with E-state index in [0.717, 1.165) is 0 Å². The van der Waals surface area contributed by atoms with Crippen LogP contribution in [0.4, 0.5) is 12.9 Å². The van der Waals surface area contributed by atoms with Crippen LogP contribution in [0, 0.1) is 5.92 Å². The second kappa shape index (κ2) is 1.52. The van der Waals surface area contributed by atoms with E-state index >= 15 is 0 Å². The van der Waals surface area contributed by atoms with Crippen LogP contribution in [-0.2, 0) is 4.74 Å². The Morgan fingerprint density at radius 1 is 1.40 bits per heavy atom. The van der Waals surface area contributed by atoms with Gasteiger partial charge in [-0.3, -0.25) is 0 Å². The van der Waals surface area contributed by atoms with E-state index in [4.69, 9.17) is 4.74 Å². The van der Waals surface area contributed by atoms with Gasteiger partial charge in [0.15, 0.2) is 0 Å². The Balaban J connectivity index is 2.18. The predicted molar refractivity (Wildman–Crippen MR) is 30.7 cm³/mol. The highest BCUT2D eigenvalue weighted by molar-refractivity contribution is 6.63. The first-order chi connectivity index (χ1) is 4.56. The van der Waals surface area contributed by atoms with Gasteiger partial charge >= 0.3 is 6.98 Å². The highest BCUT2D eigenvalue weighted by Crippen LogP contribution is 2.70. The van der Waals surface area contributed by atoms with E-state index in [2.05, 4.69) is 0 Å². The van der Waals surface area contributed by atoms with Crippen LogP contribution in [0.1, 0.15) is 6.42 Å². The molecule has 2 aliphatic rings. The van der Waals surface area contributed by atoms with Gasteiger partial charge in [0.25, 0.3) is 0 Å². The van der Waals surface area contributed by atoms with Crippen LogP contribution in [0.5, 0.6) is 0 Å². The predicted octanol–water partition coefficient (Wildman–Crippen LogP) is 1.62. The lowest BCUT2D eigenvalue weighted by molar-refractivity contribution is 0.161. The van der Waals surface area contributed by atoms with Crippen LogP contribution < -0.4 is 0 Å². The number of fused-ring (bicyclic) bond motifs is 1. The van der Waals surface area contributed by atoms with Crippen molar-refractivity contribution < 1.29 is 17.7 Å². The lowest BCUT2D eigenvalue weighted by Crippen LogP contribution is -2.28. The lowest BCUT2D eigenvalue weighted by atomic mass is 9.68. The molecule has 2 atom stereocenters. The molecule has 10 heavy (non-hydrogen) atoms. The van der Waals surface area contributed by atoms with Gasteiger partial charge in [-0.2, -0.15) is 0 Å². The summed E-state index contributed by atoms with van der Waals surface area (Å²) in [5, 5.41) is -1.36. The lowest BCUT2D eigenvalue weighted by Gasteiger charge is -2.22. The van der Waals surface area contributed by atoms with Crippen molar-refractivity contribution in [1.29, 1.82) is 0 Å². The summed E-state index contributed by atoms with van der Waals surface area (Å²) < 4.78 is 41.2. The highest BCUT2D eigenvalue weighted by Gasteiger charge is 2.67. The van der Waals surface area contributed by atoms with E-state index in [9.17, 15) is 12.9 Å². The van der Waals surface area contributed by atoms with Gasteiger partial charge in [-0.1, -0.05) is 6.42 Å². The van der Waals surface area contributed by atoms with Gasteiger partial charge in [0.1, 0.15) is 0 Å². The largest absolute Gasteiger partial charge is 0.487 e. The molecule has 1 saturated carbocycles. The summed E-state index contributed by atoms with van der Waals surface area (Å²) in [7, 11) is 0. The first-order valence-electron chi connectivity index (χ1n) is 3.33. The molecule has 1 aliphatic heterocycles. The zero-order valence-corrected chi connectivity index (χ0v) is 5.32. The molecular formula is C5H7BF3O-. The van der Waals surface area contributed by atoms with E-state index in [1.54, 1.807) is 0 Å². The maximum absolute atomic E-state index is 12.2. The summed E-state index contributed by atoms with van der Waals surface area (Å²) >= 11 is 0. The van der Waals surface area contributed by atoms with Crippen molar-refractivity contribution in [1.82, 2.24) is 0 Å². The quantitative estimate of drug-likeness (QED) is 0.517. The smallest absolute Gasteiger partial charge is 0.448 e. The van der Waals surface area contributed by atoms with Crippen LogP contribution in [0.2, 0.25) is 5.31 Å². The standard InChI is InChI=1S/C5H7BF3O/c7-6(8,9)5-1-4(5)2-10-3-5/h4H,1-3H2/q-1. The molecule has 0 aromatic heterocycles. The maximum Gasteiger partial charge on any atom is 0.487 e. The van der Waals surface area contributed by atoms with Crippen molar-refractivity contribution >= 4 is 6.98 Å². The average molecular weight is 151 g/mol. The van der Waals surface area contributed by atoms with Crippen LogP contribution >= 0.6 is 0 Å². The summed E-state index contributed by atoms with van der Waals surface area (Å²) in [6, 6.07) is 0. The molecule has 58 valence electrons. The molecule has 0 aromatic rings. The molecule has 5 heteroatoms. The fourth-order valence-corrected chi connectivity index (χ4v) is 1.69. The zero-order chi connectivity index (χ0) is 7.41. The molecule has 2 rings (SSSR count). The van der Waals surface area contributed by atoms with Gasteiger partial charge in [-0.05, 0) is 11.2 Å². The van der Waals surface area contributed by atoms with Crippen LogP contribution in [0.15, 0.2) is 0 Å². The summed E-state index contributed by atoms with van der Waals surface area (Å²) in [6.07, 6.45) is 0.316. The Labute approximate surface area is 56.6 Å². The van der Waals surface area contributed by atoms with Crippen molar-refractivity contribution in [2.45, 2.75) is 11.7 Å². The summed E-state index contributed by atoms with van der Waals surface area (Å²) in [5.74, 6) is -0.201. The first kappa shape index (κ1) is 6.52. The second-order valence-electron chi connectivity index (χ2n) is 3.22. The summed E-state index contributed by atoms with van der Waals surface area (Å²) in [4.78, 5) is 0. The van der Waals surface area contributed by atoms with E-state index in [0.29, 0.717) is 13.0 Å². The normalized spacial score (nSPS) is 45.3. The third kappa shape index (κ3) is 0.589. The number of ether oxygens (including phenoxy) is 1. The molecule has 0 N–H and O–H groups in total. The second-order valence-corrected chi connectivity index (χ2v) is 3.22. The minimum absolute atomic E-state index is 0.0822. The fraction of sp³-hybridized carbons (Fsp3) is 1.00. The molecule has 0 bridgehead atoms. The molecule has 0 radical (unpaired) electrons. The van der Waals surface area contributed by atoms with E-state index in [-0.39, 0.29) is 12.5 Å². The van der Waals surface area contributed by atoms with Gasteiger partial charge in [0, 0.05) is 13.2 Å². The Morgan fingerprint density at radius 3 is 2.30 bits per heavy atom. The SMILES string of the molecule is F[B-](F)(F)C12COCC1C2. The molecule has 1 saturated heterocycles. The van der Waals surface area contributed by atoms with Crippen molar-refractivity contribution in [3.63, 3.8) is 0 Å². The Hall–Kier alpha value is -0.185. The van der Waals surface area contributed by atoms with Gasteiger partial charge in [0.2, 0.25) is 0 Å². The molecule has 0 amide bonds. The van der Waals surface area contributed by atoms with Crippen LogP contribution in [0.3, 0.4) is 0 Å². The summed E-state index contributed by atoms with van der Waals surface area (Å²) in [6.45, 7) is -4.41. The molecule has 1 aliphatic carbocycles. The Morgan fingerprint density at radius 2 is 2.10 bits per heavy atom. The molecule has 0 aromatic carbocycles. The third-order valence-electron chi connectivity index (χ3n) is 2.62. The van der Waals surface area contributed by atoms with E-state index in [1.165, 1.54) is 0 Å². The zero-order valence-electron chi connectivity index (χ0n) is 5.32. The van der Waals surface area contributed by atoms with Crippen molar-refractivity contribution in [2.75, 3.05) is 13.2 Å². The topological polar surface area (TPSA) is 9.23 Å². The maximum atomic E-state index is 12.2. The monoisotopic (exact) mass is 151 g/mol. The van der Waals surface area contributed by atoms with Crippen molar-refractivity contribution in [3.8, 4) is 0 Å². The number of hydrogen-bond acceptors (Lipinski definition) is 1. The fourth-order valence-electron chi connectivity index (χ4n) is 1.69. The van der Waals surface area contributed by atoms with Gasteiger partial charge in [0.05, 0.1) is 0 Å². The minimum atomic E-state index is -4.65. The molecule has 2 fully saturated rings. The number of hydrogen-bond donors (Lipinski definition) is 0. The van der Waals surface area contributed by atoms with Gasteiger partial charge in [-0.15, -0.1) is 0 Å². The van der Waals surface area contributed by atoms with Crippen LogP contribution in [0.25, 0.3) is 0 Å². The Bertz CT molecular complexity index is 169. The van der Waals surface area contributed by atoms with E-state index in [1.807, 2.05) is 0 Å². The van der Waals surface area contributed by atoms with Gasteiger partial charge in [-0.25, -0.2) is 0 Å². The van der Waals surface area contributed by atoms with Crippen molar-refractivity contribution in [3.05, 3.63) is 0 Å². The molecule has 0 spiro atoms. The third-order valence-corrected chi connectivity index (χ3v) is 2.62. The molecule has 2 unspecified atom stereocenters. The molecular weight excluding hydrogens is 144 g/mol. The average Bonchev–Trinajstić information content (AvgIpc) is 2.36. The number of rotatable bonds is 1. The molecule has 1 heterocycles. The number of halogens is 3. The van der Waals surface area contributed by atoms with Gasteiger partial charge < -0.3 is 17.7 Å². The first-order valence-corrected chi connectivity index (χ1v) is 3.33. The Kier molecular flexibility index (Phi) is 0.992. The van der Waals surface area contributed by atoms with Crippen molar-refractivity contribution in [2.24, 2.45) is 5.92 Å². The van der Waals surface area contributed by atoms with Crippen LogP contribution in [-0.4, -0.2) is 20.2 Å². The summed E-state index contributed by atoms with van der Waals surface area (Å²) in [5.41, 5.74) is 0.